The summed E-state index contributed by atoms with van der Waals surface area (Å²) in [6.45, 7) is 4.09. The topological polar surface area (TPSA) is 116 Å². The number of aryl methyl sites for hydroxylation is 1. The van der Waals surface area contributed by atoms with Crippen LogP contribution in [-0.2, 0) is 24.6 Å². The zero-order chi connectivity index (χ0) is 35.6. The summed E-state index contributed by atoms with van der Waals surface area (Å²) >= 11 is 3.44. The molecule has 258 valence electrons. The van der Waals surface area contributed by atoms with Gasteiger partial charge in [0, 0.05) is 10.4 Å². The average Bonchev–Trinajstić information content (AvgIpc) is 3.52. The van der Waals surface area contributed by atoms with Gasteiger partial charge in [0.1, 0.15) is 0 Å². The number of aromatic hydroxyl groups is 1. The van der Waals surface area contributed by atoms with Crippen LogP contribution in [0.15, 0.2) is 113 Å². The third kappa shape index (κ3) is 5.02. The van der Waals surface area contributed by atoms with E-state index < -0.39 is 46.8 Å². The molecule has 2 saturated heterocycles. The van der Waals surface area contributed by atoms with Crippen molar-refractivity contribution in [2.24, 2.45) is 23.7 Å². The van der Waals surface area contributed by atoms with Gasteiger partial charge in [0.15, 0.2) is 11.5 Å². The first-order valence-electron chi connectivity index (χ1n) is 17.2. The van der Waals surface area contributed by atoms with E-state index in [0.29, 0.717) is 35.5 Å². The summed E-state index contributed by atoms with van der Waals surface area (Å²) in [5.74, 6) is -4.61. The van der Waals surface area contributed by atoms with Crippen molar-refractivity contribution in [3.05, 3.63) is 130 Å². The molecular formula is C41H36BrN3O6. The van der Waals surface area contributed by atoms with Gasteiger partial charge in [-0.15, -0.1) is 0 Å². The van der Waals surface area contributed by atoms with E-state index >= 15 is 4.79 Å². The number of hydrazine groups is 1. The van der Waals surface area contributed by atoms with Crippen LogP contribution in [0, 0.1) is 30.6 Å². The van der Waals surface area contributed by atoms with E-state index in [4.69, 9.17) is 4.74 Å². The van der Waals surface area contributed by atoms with Crippen LogP contribution in [0.25, 0.3) is 0 Å². The lowest BCUT2D eigenvalue weighted by Crippen LogP contribution is -2.53. The lowest BCUT2D eigenvalue weighted by atomic mass is 9.49. The molecular weight excluding hydrogens is 710 g/mol. The fourth-order valence-corrected chi connectivity index (χ4v) is 9.21. The Morgan fingerprint density at radius 1 is 0.882 bits per heavy atom. The highest BCUT2D eigenvalue weighted by atomic mass is 79.9. The first-order chi connectivity index (χ1) is 24.6. The van der Waals surface area contributed by atoms with Crippen LogP contribution >= 0.6 is 15.9 Å². The predicted octanol–water partition coefficient (Wildman–Crippen LogP) is 7.05. The number of imide groups is 2. The molecule has 2 aliphatic heterocycles. The number of ether oxygens (including phenoxy) is 1. The number of halogens is 1. The van der Waals surface area contributed by atoms with Crippen LogP contribution < -0.4 is 15.1 Å². The molecule has 4 aromatic rings. The number of carbonyl (C=O) groups is 4. The molecule has 0 unspecified atom stereocenters. The van der Waals surface area contributed by atoms with E-state index in [0.717, 1.165) is 20.6 Å². The maximum atomic E-state index is 15.3. The van der Waals surface area contributed by atoms with Gasteiger partial charge in [-0.1, -0.05) is 81.7 Å². The standard InChI is InChI=1S/C41H36BrN3O6/c1-3-51-34-21-24(11-20-33(34)46)36-29-18-19-30-35(39(49)44(37(30)47)28-16-12-26(42)13-17-28)31(29)22-32-38(48)45(43-27-14-9-23(2)10-15-27)40(50)41(32,36)25-7-5-4-6-8-25/h4-18,20-21,30-32,35-36,43,46H,3,19,22H2,1-2H3/t30-,31+,32-,35-,36-,41+/m0/s1. The monoisotopic (exact) mass is 745 g/mol. The van der Waals surface area contributed by atoms with Crippen molar-refractivity contribution in [1.82, 2.24) is 5.01 Å². The average molecular weight is 747 g/mol. The van der Waals surface area contributed by atoms with Gasteiger partial charge in [0.25, 0.3) is 11.8 Å². The molecule has 2 N–H and O–H groups in total. The highest BCUT2D eigenvalue weighted by molar-refractivity contribution is 9.10. The predicted molar refractivity (Wildman–Crippen MR) is 195 cm³/mol. The second-order valence-corrected chi connectivity index (χ2v) is 14.7. The maximum absolute atomic E-state index is 15.3. The van der Waals surface area contributed by atoms with E-state index in [9.17, 15) is 19.5 Å². The van der Waals surface area contributed by atoms with Crippen LogP contribution in [-0.4, -0.2) is 40.4 Å². The molecule has 1 saturated carbocycles. The number of carbonyl (C=O) groups excluding carboxylic acids is 4. The molecule has 3 fully saturated rings. The Morgan fingerprint density at radius 2 is 1.61 bits per heavy atom. The summed E-state index contributed by atoms with van der Waals surface area (Å²) in [6.07, 6.45) is 2.53. The van der Waals surface area contributed by atoms with Crippen LogP contribution in [0.3, 0.4) is 0 Å². The van der Waals surface area contributed by atoms with E-state index in [1.165, 1.54) is 4.90 Å². The first kappa shape index (κ1) is 33.0. The van der Waals surface area contributed by atoms with Gasteiger partial charge in [-0.2, -0.15) is 5.01 Å². The van der Waals surface area contributed by atoms with E-state index in [1.54, 1.807) is 42.5 Å². The number of rotatable bonds is 7. The molecule has 4 aliphatic rings. The minimum atomic E-state index is -1.41. The molecule has 0 spiro atoms. The SMILES string of the molecule is CCOc1cc([C@H]2C3=CC[C@@H]4C(=O)N(c5ccc(Br)cc5)C(=O)[C@@H]4[C@@H]3C[C@H]3C(=O)N(Nc4ccc(C)cc4)C(=O)[C@@]23c2ccccc2)ccc1O. The van der Waals surface area contributed by atoms with Crippen molar-refractivity contribution in [1.29, 1.82) is 0 Å². The molecule has 0 radical (unpaired) electrons. The molecule has 9 nitrogen and oxygen atoms in total. The number of anilines is 2. The Balaban J connectivity index is 1.32. The Labute approximate surface area is 304 Å². The van der Waals surface area contributed by atoms with Gasteiger partial charge in [-0.05, 0) is 92.3 Å². The normalized spacial score (nSPS) is 26.8. The quantitative estimate of drug-likeness (QED) is 0.154. The van der Waals surface area contributed by atoms with Crippen LogP contribution in [0.4, 0.5) is 11.4 Å². The summed E-state index contributed by atoms with van der Waals surface area (Å²) in [4.78, 5) is 59.9. The number of hydrogen-bond acceptors (Lipinski definition) is 7. The molecule has 51 heavy (non-hydrogen) atoms. The van der Waals surface area contributed by atoms with Crippen molar-refractivity contribution in [3.8, 4) is 11.5 Å². The Bertz CT molecular complexity index is 2100. The minimum absolute atomic E-state index is 0.0471. The molecule has 2 aliphatic carbocycles. The van der Waals surface area contributed by atoms with Gasteiger partial charge in [0.2, 0.25) is 11.8 Å². The summed E-state index contributed by atoms with van der Waals surface area (Å²) in [5.41, 5.74) is 6.00. The van der Waals surface area contributed by atoms with Gasteiger partial charge in [0.05, 0.1) is 41.2 Å². The molecule has 0 aromatic heterocycles. The number of nitrogens with zero attached hydrogens (tertiary/aromatic N) is 2. The second-order valence-electron chi connectivity index (χ2n) is 13.7. The zero-order valence-electron chi connectivity index (χ0n) is 28.1. The van der Waals surface area contributed by atoms with Crippen LogP contribution in [0.2, 0.25) is 0 Å². The number of allylic oxidation sites excluding steroid dienone is 2. The zero-order valence-corrected chi connectivity index (χ0v) is 29.7. The maximum Gasteiger partial charge on any atom is 0.260 e. The smallest absolute Gasteiger partial charge is 0.260 e. The third-order valence-corrected chi connectivity index (χ3v) is 11.6. The number of nitrogens with one attached hydrogen (secondary N) is 1. The number of phenolic OH excluding ortho intramolecular Hbond substituents is 1. The second kappa shape index (κ2) is 12.5. The van der Waals surface area contributed by atoms with Crippen molar-refractivity contribution in [2.45, 2.75) is 38.0 Å². The van der Waals surface area contributed by atoms with Crippen LogP contribution in [0.5, 0.6) is 11.5 Å². The van der Waals surface area contributed by atoms with Gasteiger partial charge >= 0.3 is 0 Å². The van der Waals surface area contributed by atoms with Gasteiger partial charge < -0.3 is 9.84 Å². The summed E-state index contributed by atoms with van der Waals surface area (Å²) in [7, 11) is 0. The largest absolute Gasteiger partial charge is 0.504 e. The number of hydrogen-bond donors (Lipinski definition) is 2. The lowest BCUT2D eigenvalue weighted by molar-refractivity contribution is -0.138. The number of phenols is 1. The minimum Gasteiger partial charge on any atom is -0.504 e. The molecule has 2 heterocycles. The molecule has 6 atom stereocenters. The molecule has 0 bridgehead atoms. The highest BCUT2D eigenvalue weighted by Gasteiger charge is 2.70. The Hall–Kier alpha value is -5.22. The fourth-order valence-electron chi connectivity index (χ4n) is 8.95. The van der Waals surface area contributed by atoms with Gasteiger partial charge in [-0.3, -0.25) is 29.5 Å². The molecule has 4 amide bonds. The summed E-state index contributed by atoms with van der Waals surface area (Å²) < 4.78 is 6.66. The van der Waals surface area contributed by atoms with Gasteiger partial charge in [-0.25, -0.2) is 0 Å². The van der Waals surface area contributed by atoms with Crippen molar-refractivity contribution < 1.29 is 29.0 Å². The fraction of sp³-hybridized carbons (Fsp3) is 0.268. The highest BCUT2D eigenvalue weighted by Crippen LogP contribution is 2.64. The van der Waals surface area contributed by atoms with E-state index in [1.807, 2.05) is 74.5 Å². The summed E-state index contributed by atoms with van der Waals surface area (Å²) in [6, 6.07) is 29.0. The lowest BCUT2D eigenvalue weighted by Gasteiger charge is -2.50. The number of fused-ring (bicyclic) bond motifs is 4. The molecule has 4 aromatic carbocycles. The Kier molecular flexibility index (Phi) is 8.09. The van der Waals surface area contributed by atoms with Crippen LogP contribution in [0.1, 0.15) is 42.4 Å². The molecule has 10 heteroatoms. The summed E-state index contributed by atoms with van der Waals surface area (Å²) in [5, 5.41) is 11.9. The number of amides is 4. The van der Waals surface area contributed by atoms with Crippen molar-refractivity contribution >= 4 is 50.9 Å². The third-order valence-electron chi connectivity index (χ3n) is 11.1. The first-order valence-corrected chi connectivity index (χ1v) is 18.0. The Morgan fingerprint density at radius 3 is 2.31 bits per heavy atom. The van der Waals surface area contributed by atoms with E-state index in [2.05, 4.69) is 21.4 Å². The molecule has 8 rings (SSSR count). The van der Waals surface area contributed by atoms with E-state index in [-0.39, 0.29) is 29.7 Å². The van der Waals surface area contributed by atoms with Crippen molar-refractivity contribution in [3.63, 3.8) is 0 Å². The number of benzene rings is 4. The van der Waals surface area contributed by atoms with Crippen molar-refractivity contribution in [2.75, 3.05) is 16.9 Å².